The highest BCUT2D eigenvalue weighted by atomic mass is 32.2. The predicted octanol–water partition coefficient (Wildman–Crippen LogP) is 2.74. The van der Waals surface area contributed by atoms with E-state index in [1.807, 2.05) is 0 Å². The van der Waals surface area contributed by atoms with Crippen molar-refractivity contribution in [1.82, 2.24) is 4.72 Å². The summed E-state index contributed by atoms with van der Waals surface area (Å²) in [6.07, 6.45) is 3.06. The number of halogens is 1. The molecular weight excluding hydrogens is 531 g/mol. The summed E-state index contributed by atoms with van der Waals surface area (Å²) in [5, 5.41) is 18.7. The summed E-state index contributed by atoms with van der Waals surface area (Å²) in [5.74, 6) is -1.97. The van der Waals surface area contributed by atoms with E-state index in [-0.39, 0.29) is 51.0 Å². The van der Waals surface area contributed by atoms with Crippen LogP contribution in [0.3, 0.4) is 0 Å². The highest BCUT2D eigenvalue weighted by Crippen LogP contribution is 2.45. The summed E-state index contributed by atoms with van der Waals surface area (Å²) < 4.78 is 68.6. The Morgan fingerprint density at radius 3 is 2.67 bits per heavy atom. The minimum absolute atomic E-state index is 0.171. The number of aliphatic hydroxyl groups excluding tert-OH is 1. The molecule has 0 bridgehead atoms. The van der Waals surface area contributed by atoms with Crippen LogP contribution >= 0.6 is 11.3 Å². The van der Waals surface area contributed by atoms with Crippen molar-refractivity contribution >= 4 is 53.7 Å². The van der Waals surface area contributed by atoms with Crippen molar-refractivity contribution in [2.75, 3.05) is 16.9 Å². The number of carbonyl (C=O) groups is 1. The van der Waals surface area contributed by atoms with E-state index in [4.69, 9.17) is 0 Å². The van der Waals surface area contributed by atoms with Crippen LogP contribution in [0.2, 0.25) is 0 Å². The number of hydrogen-bond donors (Lipinski definition) is 4. The van der Waals surface area contributed by atoms with Crippen LogP contribution in [0, 0.1) is 17.7 Å². The van der Waals surface area contributed by atoms with Crippen molar-refractivity contribution in [1.29, 1.82) is 0 Å². The zero-order chi connectivity index (χ0) is 25.8. The molecule has 3 unspecified atom stereocenters. The van der Waals surface area contributed by atoms with E-state index in [0.29, 0.717) is 18.5 Å². The second-order valence-electron chi connectivity index (χ2n) is 9.01. The fraction of sp³-hybridized carbons (Fsp3) is 0.364. The zero-order valence-corrected chi connectivity index (χ0v) is 21.4. The first-order valence-corrected chi connectivity index (χ1v) is 15.3. The van der Waals surface area contributed by atoms with Gasteiger partial charge in [-0.3, -0.25) is 4.79 Å². The Labute approximate surface area is 211 Å². The minimum Gasteiger partial charge on any atom is -0.511 e. The summed E-state index contributed by atoms with van der Waals surface area (Å²) in [6.45, 7) is -0.239. The second-order valence-corrected chi connectivity index (χ2v) is 13.3. The molecule has 2 heterocycles. The zero-order valence-electron chi connectivity index (χ0n) is 19.0. The number of ketones is 1. The van der Waals surface area contributed by atoms with E-state index < -0.39 is 37.7 Å². The number of carbonyl (C=O) groups excluding carboxylic acids is 1. The Morgan fingerprint density at radius 2 is 1.97 bits per heavy atom. The second kappa shape index (κ2) is 8.94. The van der Waals surface area contributed by atoms with Gasteiger partial charge >= 0.3 is 0 Å². The molecule has 2 aromatic rings. The highest BCUT2D eigenvalue weighted by Gasteiger charge is 2.48. The molecule has 4 N–H and O–H groups in total. The number of thiophene rings is 1. The average Bonchev–Trinajstić information content (AvgIpc) is 3.44. The third kappa shape index (κ3) is 4.53. The van der Waals surface area contributed by atoms with Gasteiger partial charge in [0.2, 0.25) is 10.0 Å². The van der Waals surface area contributed by atoms with Gasteiger partial charge in [-0.15, -0.1) is 15.7 Å². The van der Waals surface area contributed by atoms with Crippen LogP contribution in [0.25, 0.3) is 0 Å². The van der Waals surface area contributed by atoms with E-state index in [9.17, 15) is 31.1 Å². The van der Waals surface area contributed by atoms with Gasteiger partial charge in [-0.25, -0.2) is 17.5 Å². The minimum atomic E-state index is -4.30. The van der Waals surface area contributed by atoms with Crippen molar-refractivity contribution < 1.29 is 31.1 Å². The SMILES string of the molecule is CS(=O)(=O)NCc1csc2c1S(=O)(=O)N=C(C1=C(O)C3CCCC3C(Nc3ccc(F)cc3)C1=O)N2. The summed E-state index contributed by atoms with van der Waals surface area (Å²) in [6, 6.07) is 4.79. The van der Waals surface area contributed by atoms with Crippen LogP contribution < -0.4 is 15.4 Å². The van der Waals surface area contributed by atoms with E-state index in [2.05, 4.69) is 19.8 Å². The number of aliphatic hydroxyl groups is 1. The largest absolute Gasteiger partial charge is 0.511 e. The van der Waals surface area contributed by atoms with Crippen LogP contribution in [0.15, 0.2) is 50.3 Å². The average molecular weight is 555 g/mol. The number of amidine groups is 1. The lowest BCUT2D eigenvalue weighted by atomic mass is 9.76. The summed E-state index contributed by atoms with van der Waals surface area (Å²) >= 11 is 1.03. The Balaban J connectivity index is 1.51. The predicted molar refractivity (Wildman–Crippen MR) is 134 cm³/mol. The van der Waals surface area contributed by atoms with Crippen molar-refractivity contribution in [3.63, 3.8) is 0 Å². The first kappa shape index (κ1) is 24.9. The number of benzene rings is 1. The molecule has 1 aromatic carbocycles. The van der Waals surface area contributed by atoms with Crippen molar-refractivity contribution in [2.45, 2.75) is 36.7 Å². The van der Waals surface area contributed by atoms with Crippen LogP contribution in [0.1, 0.15) is 24.8 Å². The van der Waals surface area contributed by atoms with Gasteiger partial charge in [0.25, 0.3) is 10.0 Å². The summed E-state index contributed by atoms with van der Waals surface area (Å²) in [4.78, 5) is 13.5. The molecule has 192 valence electrons. The van der Waals surface area contributed by atoms with E-state index in [1.54, 1.807) is 0 Å². The van der Waals surface area contributed by atoms with Crippen LogP contribution in [0.4, 0.5) is 15.1 Å². The lowest BCUT2D eigenvalue weighted by Crippen LogP contribution is -2.47. The number of fused-ring (bicyclic) bond motifs is 2. The Kier molecular flexibility index (Phi) is 6.17. The van der Waals surface area contributed by atoms with E-state index in [0.717, 1.165) is 24.0 Å². The lowest BCUT2D eigenvalue weighted by molar-refractivity contribution is -0.118. The molecule has 3 aliphatic rings. The van der Waals surface area contributed by atoms with Gasteiger partial charge in [0, 0.05) is 23.7 Å². The Hall–Kier alpha value is -2.81. The fourth-order valence-corrected chi connectivity index (χ4v) is 8.04. The molecule has 36 heavy (non-hydrogen) atoms. The normalized spacial score (nSPS) is 25.1. The summed E-state index contributed by atoms with van der Waals surface area (Å²) in [7, 11) is -7.86. The van der Waals surface area contributed by atoms with Crippen LogP contribution in [-0.4, -0.2) is 45.9 Å². The Bertz CT molecular complexity index is 1510. The number of nitrogens with zero attached hydrogens (tertiary/aromatic N) is 1. The van der Waals surface area contributed by atoms with Gasteiger partial charge in [0.15, 0.2) is 11.6 Å². The quantitative estimate of drug-likeness (QED) is 0.425. The van der Waals surface area contributed by atoms with Gasteiger partial charge in [0.1, 0.15) is 27.0 Å². The topological polar surface area (TPSA) is 154 Å². The van der Waals surface area contributed by atoms with Crippen LogP contribution in [-0.2, 0) is 31.4 Å². The van der Waals surface area contributed by atoms with Gasteiger partial charge in [-0.05, 0) is 48.4 Å². The Morgan fingerprint density at radius 1 is 1.25 bits per heavy atom. The molecule has 1 saturated carbocycles. The molecule has 10 nitrogen and oxygen atoms in total. The number of nitrogens with one attached hydrogen (secondary N) is 3. The van der Waals surface area contributed by atoms with Crippen LogP contribution in [0.5, 0.6) is 0 Å². The maximum absolute atomic E-state index is 13.6. The highest BCUT2D eigenvalue weighted by molar-refractivity contribution is 7.91. The summed E-state index contributed by atoms with van der Waals surface area (Å²) in [5.41, 5.74) is 0.544. The number of allylic oxidation sites excluding steroid dienone is 1. The molecule has 0 amide bonds. The molecule has 1 aliphatic heterocycles. The molecule has 0 spiro atoms. The first-order chi connectivity index (χ1) is 16.9. The number of sulfonamides is 2. The number of anilines is 2. The van der Waals surface area contributed by atoms with E-state index in [1.165, 1.54) is 29.6 Å². The molecule has 14 heteroatoms. The third-order valence-corrected chi connectivity index (χ3v) is 9.73. The van der Waals surface area contributed by atoms with Gasteiger partial charge in [-0.1, -0.05) is 6.42 Å². The molecule has 5 rings (SSSR count). The van der Waals surface area contributed by atoms with Gasteiger partial charge < -0.3 is 15.7 Å². The third-order valence-electron chi connectivity index (χ3n) is 6.58. The monoisotopic (exact) mass is 554 g/mol. The van der Waals surface area contributed by atoms with E-state index >= 15 is 0 Å². The maximum Gasteiger partial charge on any atom is 0.287 e. The molecular formula is C22H23FN4O6S3. The standard InChI is InChI=1S/C22H23FN4O6S3/c1-35(30,31)24-9-11-10-34-22-20(11)36(32,33)27-21(26-22)16-18(28)15-4-2-3-14(15)17(19(16)29)25-13-7-5-12(23)6-8-13/h5-8,10,14-15,17,24-25,28H,2-4,9H2,1H3,(H,26,27). The number of rotatable bonds is 6. The van der Waals surface area contributed by atoms with Gasteiger partial charge in [-0.2, -0.15) is 8.42 Å². The lowest BCUT2D eigenvalue weighted by Gasteiger charge is -2.35. The molecule has 2 aliphatic carbocycles. The molecule has 3 atom stereocenters. The fourth-order valence-electron chi connectivity index (χ4n) is 5.01. The van der Waals surface area contributed by atoms with Crippen molar-refractivity contribution in [3.05, 3.63) is 52.4 Å². The van der Waals surface area contributed by atoms with Crippen molar-refractivity contribution in [3.8, 4) is 0 Å². The molecule has 0 radical (unpaired) electrons. The van der Waals surface area contributed by atoms with Gasteiger partial charge in [0.05, 0.1) is 12.3 Å². The smallest absolute Gasteiger partial charge is 0.287 e. The maximum atomic E-state index is 13.6. The molecule has 1 aromatic heterocycles. The first-order valence-electron chi connectivity index (χ1n) is 11.1. The molecule has 1 fully saturated rings. The number of hydrogen-bond acceptors (Lipinski definition) is 9. The molecule has 0 saturated heterocycles. The van der Waals surface area contributed by atoms with Crippen molar-refractivity contribution in [2.24, 2.45) is 16.2 Å². The number of Topliss-reactive ketones (excluding diaryl/α,β-unsaturated/α-hetero) is 1.